The lowest BCUT2D eigenvalue weighted by atomic mass is 9.87. The molecule has 0 spiro atoms. The predicted octanol–water partition coefficient (Wildman–Crippen LogP) is 2.81. The second-order valence-electron chi connectivity index (χ2n) is 5.46. The molecule has 0 heterocycles. The molecule has 3 N–H and O–H groups in total. The third kappa shape index (κ3) is 3.93. The summed E-state index contributed by atoms with van der Waals surface area (Å²) in [4.78, 5) is 11.9. The van der Waals surface area contributed by atoms with Crippen molar-refractivity contribution in [2.45, 2.75) is 38.6 Å². The van der Waals surface area contributed by atoms with E-state index in [0.29, 0.717) is 17.2 Å². The van der Waals surface area contributed by atoms with Gasteiger partial charge in [0.05, 0.1) is 0 Å². The number of amides is 2. The average molecular weight is 280 g/mol. The Bertz CT molecular complexity index is 471. The summed E-state index contributed by atoms with van der Waals surface area (Å²) in [5.74, 6) is 0.0918. The summed E-state index contributed by atoms with van der Waals surface area (Å²) in [5.41, 5.74) is 1.09. The number of halogens is 1. The van der Waals surface area contributed by atoms with Crippen LogP contribution in [0.5, 0.6) is 0 Å². The number of aliphatic hydroxyl groups is 1. The lowest BCUT2D eigenvalue weighted by Crippen LogP contribution is -2.40. The van der Waals surface area contributed by atoms with E-state index in [9.17, 15) is 9.18 Å². The summed E-state index contributed by atoms with van der Waals surface area (Å²) in [6.45, 7) is 1.89. The standard InChI is InChI=1S/C15H21FN2O2/c1-10-8-13(6-7-14(10)16)18-15(20)17-12-4-2-11(9-19)3-5-12/h6-8,11-12,19H,2-5,9H2,1H3,(H2,17,18,20). The maximum atomic E-state index is 13.1. The number of hydrogen-bond acceptors (Lipinski definition) is 2. The lowest BCUT2D eigenvalue weighted by molar-refractivity contribution is 0.176. The Morgan fingerprint density at radius 2 is 2.05 bits per heavy atom. The number of nitrogens with one attached hydrogen (secondary N) is 2. The van der Waals surface area contributed by atoms with Crippen LogP contribution in [0.1, 0.15) is 31.2 Å². The van der Waals surface area contributed by atoms with Gasteiger partial charge in [0.1, 0.15) is 5.82 Å². The van der Waals surface area contributed by atoms with Crippen molar-refractivity contribution in [3.63, 3.8) is 0 Å². The van der Waals surface area contributed by atoms with E-state index in [2.05, 4.69) is 10.6 Å². The highest BCUT2D eigenvalue weighted by molar-refractivity contribution is 5.89. The molecular weight excluding hydrogens is 259 g/mol. The highest BCUT2D eigenvalue weighted by atomic mass is 19.1. The topological polar surface area (TPSA) is 61.4 Å². The summed E-state index contributed by atoms with van der Waals surface area (Å²) < 4.78 is 13.1. The first-order valence-corrected chi connectivity index (χ1v) is 7.03. The van der Waals surface area contributed by atoms with E-state index < -0.39 is 0 Å². The smallest absolute Gasteiger partial charge is 0.319 e. The van der Waals surface area contributed by atoms with E-state index in [1.54, 1.807) is 19.1 Å². The molecule has 20 heavy (non-hydrogen) atoms. The zero-order chi connectivity index (χ0) is 14.5. The Kier molecular flexibility index (Phi) is 4.95. The number of urea groups is 1. The van der Waals surface area contributed by atoms with Crippen LogP contribution in [0.2, 0.25) is 0 Å². The summed E-state index contributed by atoms with van der Waals surface area (Å²) in [6, 6.07) is 4.39. The Morgan fingerprint density at radius 3 is 2.65 bits per heavy atom. The van der Waals surface area contributed by atoms with Gasteiger partial charge in [0.25, 0.3) is 0 Å². The quantitative estimate of drug-likeness (QED) is 0.797. The van der Waals surface area contributed by atoms with Crippen LogP contribution in [0.4, 0.5) is 14.9 Å². The van der Waals surface area contributed by atoms with Crippen molar-refractivity contribution in [2.24, 2.45) is 5.92 Å². The van der Waals surface area contributed by atoms with Gasteiger partial charge in [-0.05, 0) is 62.3 Å². The fourth-order valence-corrected chi connectivity index (χ4v) is 2.56. The Labute approximate surface area is 118 Å². The summed E-state index contributed by atoms with van der Waals surface area (Å²) >= 11 is 0. The van der Waals surface area contributed by atoms with Crippen molar-refractivity contribution >= 4 is 11.7 Å². The minimum absolute atomic E-state index is 0.152. The molecule has 0 saturated heterocycles. The zero-order valence-corrected chi connectivity index (χ0v) is 11.7. The van der Waals surface area contributed by atoms with Gasteiger partial charge >= 0.3 is 6.03 Å². The van der Waals surface area contributed by atoms with Gasteiger partial charge in [0, 0.05) is 18.3 Å². The van der Waals surface area contributed by atoms with Crippen LogP contribution in [0.3, 0.4) is 0 Å². The highest BCUT2D eigenvalue weighted by Crippen LogP contribution is 2.23. The summed E-state index contributed by atoms with van der Waals surface area (Å²) in [5, 5.41) is 14.7. The van der Waals surface area contributed by atoms with E-state index in [0.717, 1.165) is 25.7 Å². The maximum absolute atomic E-state index is 13.1. The van der Waals surface area contributed by atoms with Gasteiger partial charge in [-0.25, -0.2) is 9.18 Å². The van der Waals surface area contributed by atoms with Crippen molar-refractivity contribution in [1.29, 1.82) is 0 Å². The SMILES string of the molecule is Cc1cc(NC(=O)NC2CCC(CO)CC2)ccc1F. The molecule has 110 valence electrons. The average Bonchev–Trinajstić information content (AvgIpc) is 2.44. The molecule has 0 bridgehead atoms. The van der Waals surface area contributed by atoms with Gasteiger partial charge < -0.3 is 15.7 Å². The van der Waals surface area contributed by atoms with Crippen molar-refractivity contribution in [2.75, 3.05) is 11.9 Å². The van der Waals surface area contributed by atoms with Crippen LogP contribution in [-0.2, 0) is 0 Å². The molecule has 1 aromatic rings. The summed E-state index contributed by atoms with van der Waals surface area (Å²) in [7, 11) is 0. The van der Waals surface area contributed by atoms with Crippen LogP contribution in [0, 0.1) is 18.7 Å². The molecule has 2 amide bonds. The largest absolute Gasteiger partial charge is 0.396 e. The first kappa shape index (κ1) is 14.8. The third-order valence-electron chi connectivity index (χ3n) is 3.86. The van der Waals surface area contributed by atoms with Gasteiger partial charge in [-0.2, -0.15) is 0 Å². The second-order valence-corrected chi connectivity index (χ2v) is 5.46. The van der Waals surface area contributed by atoms with E-state index in [1.165, 1.54) is 6.07 Å². The van der Waals surface area contributed by atoms with Crippen LogP contribution < -0.4 is 10.6 Å². The van der Waals surface area contributed by atoms with E-state index in [-0.39, 0.29) is 24.5 Å². The number of benzene rings is 1. The monoisotopic (exact) mass is 280 g/mol. The van der Waals surface area contributed by atoms with Crippen molar-refractivity contribution in [3.8, 4) is 0 Å². The van der Waals surface area contributed by atoms with Gasteiger partial charge in [-0.3, -0.25) is 0 Å². The van der Waals surface area contributed by atoms with Crippen LogP contribution >= 0.6 is 0 Å². The fourth-order valence-electron chi connectivity index (χ4n) is 2.56. The van der Waals surface area contributed by atoms with Gasteiger partial charge in [-0.15, -0.1) is 0 Å². The van der Waals surface area contributed by atoms with E-state index >= 15 is 0 Å². The normalized spacial score (nSPS) is 22.4. The molecule has 1 fully saturated rings. The molecule has 0 aromatic heterocycles. The number of aryl methyl sites for hydroxylation is 1. The molecule has 1 aromatic carbocycles. The van der Waals surface area contributed by atoms with Crippen molar-refractivity contribution in [1.82, 2.24) is 5.32 Å². The number of anilines is 1. The minimum Gasteiger partial charge on any atom is -0.396 e. The molecule has 4 nitrogen and oxygen atoms in total. The number of hydrogen-bond donors (Lipinski definition) is 3. The first-order valence-electron chi connectivity index (χ1n) is 7.03. The van der Waals surface area contributed by atoms with E-state index in [1.807, 2.05) is 0 Å². The van der Waals surface area contributed by atoms with Crippen LogP contribution in [-0.4, -0.2) is 23.8 Å². The molecule has 5 heteroatoms. The molecule has 1 saturated carbocycles. The maximum Gasteiger partial charge on any atom is 0.319 e. The Morgan fingerprint density at radius 1 is 1.35 bits per heavy atom. The van der Waals surface area contributed by atoms with Gasteiger partial charge in [0.2, 0.25) is 0 Å². The summed E-state index contributed by atoms with van der Waals surface area (Å²) in [6.07, 6.45) is 3.66. The number of aliphatic hydroxyl groups excluding tert-OH is 1. The van der Waals surface area contributed by atoms with Crippen molar-refractivity contribution in [3.05, 3.63) is 29.6 Å². The number of rotatable bonds is 3. The first-order chi connectivity index (χ1) is 9.58. The molecule has 1 aliphatic rings. The lowest BCUT2D eigenvalue weighted by Gasteiger charge is -2.27. The number of carbonyl (C=O) groups excluding carboxylic acids is 1. The Hall–Kier alpha value is -1.62. The Balaban J connectivity index is 1.82. The van der Waals surface area contributed by atoms with Gasteiger partial charge in [-0.1, -0.05) is 0 Å². The van der Waals surface area contributed by atoms with Gasteiger partial charge in [0.15, 0.2) is 0 Å². The minimum atomic E-state index is -0.279. The zero-order valence-electron chi connectivity index (χ0n) is 11.7. The van der Waals surface area contributed by atoms with Crippen LogP contribution in [0.15, 0.2) is 18.2 Å². The third-order valence-corrected chi connectivity index (χ3v) is 3.86. The fraction of sp³-hybridized carbons (Fsp3) is 0.533. The van der Waals surface area contributed by atoms with Crippen molar-refractivity contribution < 1.29 is 14.3 Å². The van der Waals surface area contributed by atoms with E-state index in [4.69, 9.17) is 5.11 Å². The molecule has 0 unspecified atom stereocenters. The molecule has 1 aliphatic carbocycles. The molecule has 0 radical (unpaired) electrons. The highest BCUT2D eigenvalue weighted by Gasteiger charge is 2.21. The molecule has 0 atom stereocenters. The second kappa shape index (κ2) is 6.70. The molecular formula is C15H21FN2O2. The molecule has 0 aliphatic heterocycles. The number of carbonyl (C=O) groups is 1. The molecule has 2 rings (SSSR count). The van der Waals surface area contributed by atoms with Crippen LogP contribution in [0.25, 0.3) is 0 Å². The predicted molar refractivity (Wildman–Crippen MR) is 76.1 cm³/mol.